The predicted molar refractivity (Wildman–Crippen MR) is 85.5 cm³/mol. The Labute approximate surface area is 123 Å². The van der Waals surface area contributed by atoms with Crippen LogP contribution in [0.25, 0.3) is 0 Å². The van der Waals surface area contributed by atoms with E-state index in [4.69, 9.17) is 4.98 Å². The molecular weight excluding hydrogens is 248 g/mol. The number of aromatic nitrogens is 2. The minimum atomic E-state index is 0.354. The highest BCUT2D eigenvalue weighted by atomic mass is 15.2. The van der Waals surface area contributed by atoms with Gasteiger partial charge >= 0.3 is 0 Å². The van der Waals surface area contributed by atoms with Gasteiger partial charge in [-0.1, -0.05) is 26.7 Å². The lowest BCUT2D eigenvalue weighted by atomic mass is 10.1. The van der Waals surface area contributed by atoms with Crippen molar-refractivity contribution in [2.45, 2.75) is 52.4 Å². The smallest absolute Gasteiger partial charge is 0.135 e. The molecule has 1 heterocycles. The molecule has 0 bridgehead atoms. The van der Waals surface area contributed by atoms with E-state index in [1.165, 1.54) is 25.7 Å². The van der Waals surface area contributed by atoms with E-state index < -0.39 is 0 Å². The van der Waals surface area contributed by atoms with Gasteiger partial charge in [-0.05, 0) is 25.7 Å². The molecule has 1 saturated carbocycles. The maximum atomic E-state index is 4.73. The molecule has 0 atom stereocenters. The van der Waals surface area contributed by atoms with Crippen LogP contribution in [-0.4, -0.2) is 30.1 Å². The van der Waals surface area contributed by atoms with E-state index in [-0.39, 0.29) is 0 Å². The predicted octanol–water partition coefficient (Wildman–Crippen LogP) is 3.66. The summed E-state index contributed by atoms with van der Waals surface area (Å²) in [5.74, 6) is 4.11. The lowest BCUT2D eigenvalue weighted by Gasteiger charge is -2.23. The number of rotatable bonds is 6. The SMILES string of the molecule is CCNc1cc(N(C)CC2CCCC2)nc(C(C)C)n1. The average molecular weight is 276 g/mol. The fraction of sp³-hybridized carbons (Fsp3) is 0.750. The molecule has 0 aliphatic heterocycles. The van der Waals surface area contributed by atoms with Crippen LogP contribution in [0.5, 0.6) is 0 Å². The van der Waals surface area contributed by atoms with E-state index in [1.807, 2.05) is 0 Å². The number of hydrogen-bond donors (Lipinski definition) is 1. The molecule has 1 N–H and O–H groups in total. The third kappa shape index (κ3) is 3.84. The van der Waals surface area contributed by atoms with E-state index >= 15 is 0 Å². The normalized spacial score (nSPS) is 15.8. The number of anilines is 2. The zero-order valence-corrected chi connectivity index (χ0v) is 13.3. The molecule has 0 spiro atoms. The maximum Gasteiger partial charge on any atom is 0.135 e. The van der Waals surface area contributed by atoms with Crippen molar-refractivity contribution in [1.29, 1.82) is 0 Å². The molecule has 0 radical (unpaired) electrons. The summed E-state index contributed by atoms with van der Waals surface area (Å²) >= 11 is 0. The topological polar surface area (TPSA) is 41.0 Å². The van der Waals surface area contributed by atoms with Crippen molar-refractivity contribution in [3.05, 3.63) is 11.9 Å². The Balaban J connectivity index is 2.15. The average Bonchev–Trinajstić information content (AvgIpc) is 2.91. The molecule has 0 saturated heterocycles. The first-order valence-corrected chi connectivity index (χ1v) is 7.94. The van der Waals surface area contributed by atoms with E-state index in [0.717, 1.165) is 36.5 Å². The highest BCUT2D eigenvalue weighted by Gasteiger charge is 2.18. The molecule has 0 amide bonds. The van der Waals surface area contributed by atoms with Gasteiger partial charge in [0, 0.05) is 32.1 Å². The molecule has 0 unspecified atom stereocenters. The summed E-state index contributed by atoms with van der Waals surface area (Å²) in [6, 6.07) is 2.07. The van der Waals surface area contributed by atoms with Gasteiger partial charge in [-0.25, -0.2) is 9.97 Å². The minimum Gasteiger partial charge on any atom is -0.370 e. The van der Waals surface area contributed by atoms with Crippen LogP contribution in [0.4, 0.5) is 11.6 Å². The summed E-state index contributed by atoms with van der Waals surface area (Å²) in [4.78, 5) is 11.6. The van der Waals surface area contributed by atoms with E-state index in [9.17, 15) is 0 Å². The lowest BCUT2D eigenvalue weighted by Crippen LogP contribution is -2.25. The van der Waals surface area contributed by atoms with Gasteiger partial charge in [0.1, 0.15) is 17.5 Å². The van der Waals surface area contributed by atoms with Gasteiger partial charge in [0.2, 0.25) is 0 Å². The quantitative estimate of drug-likeness (QED) is 0.861. The Morgan fingerprint density at radius 2 is 2.00 bits per heavy atom. The number of hydrogen-bond acceptors (Lipinski definition) is 4. The van der Waals surface area contributed by atoms with Crippen LogP contribution in [0.3, 0.4) is 0 Å². The zero-order valence-electron chi connectivity index (χ0n) is 13.3. The first-order valence-electron chi connectivity index (χ1n) is 7.94. The molecule has 1 aliphatic rings. The molecule has 4 heteroatoms. The summed E-state index contributed by atoms with van der Waals surface area (Å²) in [6.45, 7) is 8.39. The van der Waals surface area contributed by atoms with Gasteiger partial charge in [0.15, 0.2) is 0 Å². The van der Waals surface area contributed by atoms with Crippen LogP contribution in [0.1, 0.15) is 58.2 Å². The second kappa shape index (κ2) is 6.91. The molecular formula is C16H28N4. The largest absolute Gasteiger partial charge is 0.370 e. The van der Waals surface area contributed by atoms with E-state index in [2.05, 4.69) is 49.1 Å². The second-order valence-corrected chi connectivity index (χ2v) is 6.19. The van der Waals surface area contributed by atoms with Gasteiger partial charge in [-0.3, -0.25) is 0 Å². The monoisotopic (exact) mass is 276 g/mol. The van der Waals surface area contributed by atoms with Crippen molar-refractivity contribution in [3.63, 3.8) is 0 Å². The highest BCUT2D eigenvalue weighted by molar-refractivity contribution is 5.49. The summed E-state index contributed by atoms with van der Waals surface area (Å²) in [5.41, 5.74) is 0. The van der Waals surface area contributed by atoms with Gasteiger partial charge < -0.3 is 10.2 Å². The van der Waals surface area contributed by atoms with Crippen molar-refractivity contribution in [3.8, 4) is 0 Å². The van der Waals surface area contributed by atoms with Gasteiger partial charge in [-0.2, -0.15) is 0 Å². The Hall–Kier alpha value is -1.32. The molecule has 2 rings (SSSR count). The second-order valence-electron chi connectivity index (χ2n) is 6.19. The maximum absolute atomic E-state index is 4.73. The fourth-order valence-corrected chi connectivity index (χ4v) is 2.85. The summed E-state index contributed by atoms with van der Waals surface area (Å²) in [6.07, 6.45) is 5.52. The van der Waals surface area contributed by atoms with Crippen molar-refractivity contribution >= 4 is 11.6 Å². The standard InChI is InChI=1S/C16H28N4/c1-5-17-14-10-15(19-16(18-14)12(2)3)20(4)11-13-8-6-7-9-13/h10,12-13H,5-9,11H2,1-4H3,(H,17,18,19). The first kappa shape index (κ1) is 15.1. The Morgan fingerprint density at radius 3 is 2.60 bits per heavy atom. The van der Waals surface area contributed by atoms with Gasteiger partial charge in [0.25, 0.3) is 0 Å². The highest BCUT2D eigenvalue weighted by Crippen LogP contribution is 2.27. The van der Waals surface area contributed by atoms with E-state index in [1.54, 1.807) is 0 Å². The van der Waals surface area contributed by atoms with Crippen molar-refractivity contribution in [2.24, 2.45) is 5.92 Å². The van der Waals surface area contributed by atoms with Crippen molar-refractivity contribution < 1.29 is 0 Å². The molecule has 4 nitrogen and oxygen atoms in total. The molecule has 112 valence electrons. The third-order valence-corrected chi connectivity index (χ3v) is 4.00. The first-order chi connectivity index (χ1) is 9.60. The molecule has 1 fully saturated rings. The van der Waals surface area contributed by atoms with Gasteiger partial charge in [0.05, 0.1) is 0 Å². The minimum absolute atomic E-state index is 0.354. The molecule has 0 aromatic carbocycles. The van der Waals surface area contributed by atoms with Crippen LogP contribution in [0.2, 0.25) is 0 Å². The molecule has 1 aromatic heterocycles. The van der Waals surface area contributed by atoms with E-state index in [0.29, 0.717) is 5.92 Å². The third-order valence-electron chi connectivity index (χ3n) is 4.00. The van der Waals surface area contributed by atoms with Crippen LogP contribution >= 0.6 is 0 Å². The number of nitrogens with one attached hydrogen (secondary N) is 1. The molecule has 1 aliphatic carbocycles. The fourth-order valence-electron chi connectivity index (χ4n) is 2.85. The van der Waals surface area contributed by atoms with Crippen molar-refractivity contribution in [1.82, 2.24) is 9.97 Å². The van der Waals surface area contributed by atoms with Crippen LogP contribution < -0.4 is 10.2 Å². The molecule has 1 aromatic rings. The summed E-state index contributed by atoms with van der Waals surface area (Å²) in [5, 5.41) is 3.31. The Morgan fingerprint density at radius 1 is 1.30 bits per heavy atom. The van der Waals surface area contributed by atoms with Crippen molar-refractivity contribution in [2.75, 3.05) is 30.4 Å². The lowest BCUT2D eigenvalue weighted by molar-refractivity contribution is 0.544. The Kier molecular flexibility index (Phi) is 5.21. The van der Waals surface area contributed by atoms with Crippen LogP contribution in [0.15, 0.2) is 6.07 Å². The van der Waals surface area contributed by atoms with Gasteiger partial charge in [-0.15, -0.1) is 0 Å². The Bertz CT molecular complexity index is 424. The number of nitrogens with zero attached hydrogens (tertiary/aromatic N) is 3. The summed E-state index contributed by atoms with van der Waals surface area (Å²) < 4.78 is 0. The van der Waals surface area contributed by atoms with Crippen LogP contribution in [0, 0.1) is 5.92 Å². The molecule has 20 heavy (non-hydrogen) atoms. The zero-order chi connectivity index (χ0) is 14.5. The summed E-state index contributed by atoms with van der Waals surface area (Å²) in [7, 11) is 2.15. The van der Waals surface area contributed by atoms with Crippen LogP contribution in [-0.2, 0) is 0 Å².